The van der Waals surface area contributed by atoms with Crippen LogP contribution in [0.25, 0.3) is 11.3 Å². The first-order valence-corrected chi connectivity index (χ1v) is 4.74. The largest absolute Gasteiger partial charge is 0.396 e. The average molecular weight is 231 g/mol. The third kappa shape index (κ3) is 1.93. The van der Waals surface area contributed by atoms with E-state index in [0.717, 1.165) is 6.07 Å². The molecule has 0 radical (unpaired) electrons. The zero-order chi connectivity index (χ0) is 12.4. The van der Waals surface area contributed by atoms with Crippen LogP contribution in [0.3, 0.4) is 0 Å². The summed E-state index contributed by atoms with van der Waals surface area (Å²) in [4.78, 5) is 3.87. The van der Waals surface area contributed by atoms with Crippen LogP contribution in [-0.2, 0) is 0 Å². The van der Waals surface area contributed by atoms with E-state index in [9.17, 15) is 8.78 Å². The van der Waals surface area contributed by atoms with E-state index in [0.29, 0.717) is 0 Å². The molecule has 3 nitrogen and oxygen atoms in total. The molecular formula is C12H7F2N3. The average Bonchev–Trinajstić information content (AvgIpc) is 2.34. The maximum absolute atomic E-state index is 13.5. The highest BCUT2D eigenvalue weighted by molar-refractivity contribution is 5.64. The van der Waals surface area contributed by atoms with Crippen molar-refractivity contribution in [2.24, 2.45) is 0 Å². The first kappa shape index (κ1) is 11.0. The van der Waals surface area contributed by atoms with Gasteiger partial charge in [0, 0.05) is 5.56 Å². The number of aromatic nitrogens is 1. The molecule has 0 saturated carbocycles. The molecule has 0 fully saturated rings. The molecule has 0 atom stereocenters. The van der Waals surface area contributed by atoms with E-state index < -0.39 is 11.6 Å². The van der Waals surface area contributed by atoms with Crippen molar-refractivity contribution in [3.8, 4) is 17.3 Å². The van der Waals surface area contributed by atoms with Crippen LogP contribution in [0.15, 0.2) is 30.3 Å². The van der Waals surface area contributed by atoms with Gasteiger partial charge in [-0.1, -0.05) is 6.07 Å². The van der Waals surface area contributed by atoms with Gasteiger partial charge in [-0.25, -0.2) is 13.8 Å². The summed E-state index contributed by atoms with van der Waals surface area (Å²) in [5, 5.41) is 8.75. The predicted molar refractivity (Wildman–Crippen MR) is 58.7 cm³/mol. The minimum absolute atomic E-state index is 0.00139. The van der Waals surface area contributed by atoms with Gasteiger partial charge in [0.25, 0.3) is 0 Å². The molecule has 0 saturated heterocycles. The second kappa shape index (κ2) is 4.18. The number of nitrogens with two attached hydrogens (primary N) is 1. The lowest BCUT2D eigenvalue weighted by atomic mass is 10.1. The number of halogens is 2. The summed E-state index contributed by atoms with van der Waals surface area (Å²) in [6, 6.07) is 8.44. The van der Waals surface area contributed by atoms with Crippen molar-refractivity contribution in [2.45, 2.75) is 0 Å². The van der Waals surface area contributed by atoms with Crippen LogP contribution in [0.2, 0.25) is 0 Å². The predicted octanol–water partition coefficient (Wildman–Crippen LogP) is 2.48. The number of hydrogen-bond donors (Lipinski definition) is 1. The molecule has 1 heterocycles. The molecule has 0 unspecified atom stereocenters. The quantitative estimate of drug-likeness (QED) is 0.820. The lowest BCUT2D eigenvalue weighted by Crippen LogP contribution is -1.97. The Hall–Kier alpha value is -2.48. The normalized spacial score (nSPS) is 9.94. The second-order valence-electron chi connectivity index (χ2n) is 3.35. The van der Waals surface area contributed by atoms with Crippen LogP contribution in [0.4, 0.5) is 14.5 Å². The summed E-state index contributed by atoms with van der Waals surface area (Å²) < 4.78 is 26.5. The third-order valence-electron chi connectivity index (χ3n) is 2.26. The Kier molecular flexibility index (Phi) is 2.71. The summed E-state index contributed by atoms with van der Waals surface area (Å²) in [5.74, 6) is -1.95. The number of benzene rings is 1. The molecule has 2 aromatic rings. The highest BCUT2D eigenvalue weighted by atomic mass is 19.2. The molecule has 84 valence electrons. The maximum Gasteiger partial charge on any atom is 0.168 e. The van der Waals surface area contributed by atoms with E-state index in [4.69, 9.17) is 11.0 Å². The standard InChI is InChI=1S/C12H7F2N3/c13-8-3-1-2-7(12(8)14)10-5-4-9(16)11(6-15)17-10/h1-5H,16H2. The lowest BCUT2D eigenvalue weighted by molar-refractivity contribution is 0.511. The molecular weight excluding hydrogens is 224 g/mol. The Balaban J connectivity index is 2.62. The molecule has 0 aliphatic heterocycles. The summed E-state index contributed by atoms with van der Waals surface area (Å²) in [5.41, 5.74) is 5.86. The van der Waals surface area contributed by atoms with Crippen molar-refractivity contribution in [1.29, 1.82) is 5.26 Å². The van der Waals surface area contributed by atoms with Crippen LogP contribution >= 0.6 is 0 Å². The van der Waals surface area contributed by atoms with Gasteiger partial charge in [0.05, 0.1) is 11.4 Å². The molecule has 2 rings (SSSR count). The summed E-state index contributed by atoms with van der Waals surface area (Å²) in [6.07, 6.45) is 0. The Morgan fingerprint density at radius 1 is 1.18 bits per heavy atom. The van der Waals surface area contributed by atoms with E-state index in [2.05, 4.69) is 4.98 Å². The number of nitrogen functional groups attached to an aromatic ring is 1. The number of pyridine rings is 1. The smallest absolute Gasteiger partial charge is 0.168 e. The number of nitrogens with zero attached hydrogens (tertiary/aromatic N) is 2. The minimum atomic E-state index is -0.992. The minimum Gasteiger partial charge on any atom is -0.396 e. The van der Waals surface area contributed by atoms with Gasteiger partial charge in [-0.2, -0.15) is 5.26 Å². The van der Waals surface area contributed by atoms with Gasteiger partial charge < -0.3 is 5.73 Å². The Morgan fingerprint density at radius 3 is 2.65 bits per heavy atom. The van der Waals surface area contributed by atoms with E-state index in [1.165, 1.54) is 24.3 Å². The van der Waals surface area contributed by atoms with E-state index in [1.54, 1.807) is 6.07 Å². The first-order chi connectivity index (χ1) is 8.13. The number of nitriles is 1. The Labute approximate surface area is 96.1 Å². The SMILES string of the molecule is N#Cc1nc(-c2cccc(F)c2F)ccc1N. The summed E-state index contributed by atoms with van der Waals surface area (Å²) in [6.45, 7) is 0. The Bertz CT molecular complexity index is 618. The van der Waals surface area contributed by atoms with Crippen LogP contribution in [-0.4, -0.2) is 4.98 Å². The van der Waals surface area contributed by atoms with Gasteiger partial charge in [-0.05, 0) is 24.3 Å². The van der Waals surface area contributed by atoms with Gasteiger partial charge in [-0.3, -0.25) is 0 Å². The van der Waals surface area contributed by atoms with E-state index in [-0.39, 0.29) is 22.6 Å². The van der Waals surface area contributed by atoms with Gasteiger partial charge in [-0.15, -0.1) is 0 Å². The molecule has 0 aliphatic carbocycles. The molecule has 0 aliphatic rings. The first-order valence-electron chi connectivity index (χ1n) is 4.74. The molecule has 17 heavy (non-hydrogen) atoms. The van der Waals surface area contributed by atoms with Crippen LogP contribution in [0.1, 0.15) is 5.69 Å². The van der Waals surface area contributed by atoms with Crippen LogP contribution < -0.4 is 5.73 Å². The molecule has 1 aromatic carbocycles. The van der Waals surface area contributed by atoms with Gasteiger partial charge in [0.15, 0.2) is 17.3 Å². The van der Waals surface area contributed by atoms with E-state index >= 15 is 0 Å². The van der Waals surface area contributed by atoms with Gasteiger partial charge in [0.1, 0.15) is 6.07 Å². The van der Waals surface area contributed by atoms with Gasteiger partial charge >= 0.3 is 0 Å². The number of hydrogen-bond acceptors (Lipinski definition) is 3. The molecule has 2 N–H and O–H groups in total. The monoisotopic (exact) mass is 231 g/mol. The van der Waals surface area contributed by atoms with Crippen molar-refractivity contribution >= 4 is 5.69 Å². The highest BCUT2D eigenvalue weighted by Crippen LogP contribution is 2.24. The van der Waals surface area contributed by atoms with Crippen molar-refractivity contribution in [1.82, 2.24) is 4.98 Å². The number of anilines is 1. The van der Waals surface area contributed by atoms with Crippen LogP contribution in [0.5, 0.6) is 0 Å². The zero-order valence-corrected chi connectivity index (χ0v) is 8.61. The topological polar surface area (TPSA) is 62.7 Å². The van der Waals surface area contributed by atoms with Crippen molar-refractivity contribution < 1.29 is 8.78 Å². The van der Waals surface area contributed by atoms with E-state index in [1.807, 2.05) is 0 Å². The fraction of sp³-hybridized carbons (Fsp3) is 0. The molecule has 0 amide bonds. The van der Waals surface area contributed by atoms with Gasteiger partial charge in [0.2, 0.25) is 0 Å². The fourth-order valence-electron chi connectivity index (χ4n) is 1.41. The highest BCUT2D eigenvalue weighted by Gasteiger charge is 2.12. The van der Waals surface area contributed by atoms with Crippen molar-refractivity contribution in [3.63, 3.8) is 0 Å². The lowest BCUT2D eigenvalue weighted by Gasteiger charge is -2.04. The third-order valence-corrected chi connectivity index (χ3v) is 2.26. The zero-order valence-electron chi connectivity index (χ0n) is 8.61. The number of rotatable bonds is 1. The van der Waals surface area contributed by atoms with Crippen molar-refractivity contribution in [3.05, 3.63) is 47.7 Å². The molecule has 5 heteroatoms. The fourth-order valence-corrected chi connectivity index (χ4v) is 1.41. The molecule has 0 bridgehead atoms. The second-order valence-corrected chi connectivity index (χ2v) is 3.35. The molecule has 0 spiro atoms. The Morgan fingerprint density at radius 2 is 1.94 bits per heavy atom. The maximum atomic E-state index is 13.5. The summed E-state index contributed by atoms with van der Waals surface area (Å²) >= 11 is 0. The van der Waals surface area contributed by atoms with Crippen molar-refractivity contribution in [2.75, 3.05) is 5.73 Å². The molecule has 1 aromatic heterocycles. The summed E-state index contributed by atoms with van der Waals surface area (Å²) in [7, 11) is 0. The van der Waals surface area contributed by atoms with Crippen LogP contribution in [0, 0.1) is 23.0 Å².